The van der Waals surface area contributed by atoms with Crippen molar-refractivity contribution in [3.63, 3.8) is 0 Å². The molecule has 0 atom stereocenters. The van der Waals surface area contributed by atoms with Gasteiger partial charge in [0.25, 0.3) is 0 Å². The number of hydrogen-bond acceptors (Lipinski definition) is 4. The SMILES string of the molecule is CCCCCCCCn1nnc(C(=O)O)c1CCN. The van der Waals surface area contributed by atoms with Gasteiger partial charge in [-0.3, -0.25) is 0 Å². The van der Waals surface area contributed by atoms with Gasteiger partial charge in [-0.2, -0.15) is 0 Å². The summed E-state index contributed by atoms with van der Waals surface area (Å²) in [6.07, 6.45) is 7.67. The summed E-state index contributed by atoms with van der Waals surface area (Å²) in [6, 6.07) is 0. The van der Waals surface area contributed by atoms with Gasteiger partial charge in [-0.05, 0) is 13.0 Å². The molecular formula is C13H24N4O2. The van der Waals surface area contributed by atoms with E-state index in [1.165, 1.54) is 25.7 Å². The van der Waals surface area contributed by atoms with Crippen LogP contribution in [0.15, 0.2) is 0 Å². The monoisotopic (exact) mass is 268 g/mol. The summed E-state index contributed by atoms with van der Waals surface area (Å²) < 4.78 is 1.69. The molecule has 0 saturated carbocycles. The zero-order valence-corrected chi connectivity index (χ0v) is 11.6. The van der Waals surface area contributed by atoms with E-state index in [0.717, 1.165) is 19.4 Å². The summed E-state index contributed by atoms with van der Waals surface area (Å²) in [5.41, 5.74) is 6.19. The largest absolute Gasteiger partial charge is 0.476 e. The van der Waals surface area contributed by atoms with Gasteiger partial charge in [0.05, 0.1) is 5.69 Å². The Morgan fingerprint density at radius 1 is 1.26 bits per heavy atom. The number of nitrogens with two attached hydrogens (primary N) is 1. The summed E-state index contributed by atoms with van der Waals surface area (Å²) in [5, 5.41) is 16.7. The fourth-order valence-electron chi connectivity index (χ4n) is 2.10. The van der Waals surface area contributed by atoms with Crippen molar-refractivity contribution in [2.45, 2.75) is 58.4 Å². The number of unbranched alkanes of at least 4 members (excludes halogenated alkanes) is 5. The summed E-state index contributed by atoms with van der Waals surface area (Å²) in [4.78, 5) is 11.0. The average molecular weight is 268 g/mol. The van der Waals surface area contributed by atoms with Crippen LogP contribution < -0.4 is 5.73 Å². The molecule has 0 bridgehead atoms. The fourth-order valence-corrected chi connectivity index (χ4v) is 2.10. The minimum atomic E-state index is -1.03. The maximum absolute atomic E-state index is 11.0. The molecular weight excluding hydrogens is 244 g/mol. The van der Waals surface area contributed by atoms with Gasteiger partial charge in [0.15, 0.2) is 5.69 Å². The van der Waals surface area contributed by atoms with Gasteiger partial charge in [0.1, 0.15) is 0 Å². The van der Waals surface area contributed by atoms with Crippen molar-refractivity contribution >= 4 is 5.97 Å². The number of aromatic nitrogens is 3. The minimum Gasteiger partial charge on any atom is -0.476 e. The summed E-state index contributed by atoms with van der Waals surface area (Å²) in [7, 11) is 0. The smallest absolute Gasteiger partial charge is 0.358 e. The Morgan fingerprint density at radius 3 is 2.58 bits per heavy atom. The number of carboxylic acid groups (broad SMARTS) is 1. The van der Waals surface area contributed by atoms with E-state index in [-0.39, 0.29) is 5.69 Å². The van der Waals surface area contributed by atoms with Crippen molar-refractivity contribution in [1.29, 1.82) is 0 Å². The number of carboxylic acids is 1. The van der Waals surface area contributed by atoms with E-state index < -0.39 is 5.97 Å². The van der Waals surface area contributed by atoms with Crippen molar-refractivity contribution in [2.24, 2.45) is 5.73 Å². The molecule has 0 aliphatic rings. The molecule has 1 aromatic rings. The molecule has 19 heavy (non-hydrogen) atoms. The van der Waals surface area contributed by atoms with Gasteiger partial charge in [-0.25, -0.2) is 9.48 Å². The molecule has 1 heterocycles. The topological polar surface area (TPSA) is 94.0 Å². The van der Waals surface area contributed by atoms with E-state index in [0.29, 0.717) is 18.7 Å². The number of rotatable bonds is 10. The van der Waals surface area contributed by atoms with Crippen LogP contribution in [0.1, 0.15) is 61.6 Å². The van der Waals surface area contributed by atoms with Crippen LogP contribution in [0.5, 0.6) is 0 Å². The molecule has 0 radical (unpaired) electrons. The first-order chi connectivity index (χ1) is 9.20. The summed E-state index contributed by atoms with van der Waals surface area (Å²) in [5.74, 6) is -1.03. The Bertz CT molecular complexity index is 390. The van der Waals surface area contributed by atoms with E-state index in [4.69, 9.17) is 10.8 Å². The lowest BCUT2D eigenvalue weighted by molar-refractivity contribution is 0.0689. The number of aryl methyl sites for hydroxylation is 1. The molecule has 0 saturated heterocycles. The van der Waals surface area contributed by atoms with Gasteiger partial charge in [-0.15, -0.1) is 5.10 Å². The van der Waals surface area contributed by atoms with E-state index in [2.05, 4.69) is 17.2 Å². The number of carbonyl (C=O) groups is 1. The standard InChI is InChI=1S/C13H24N4O2/c1-2-3-4-5-6-7-10-17-11(8-9-14)12(13(18)19)15-16-17/h2-10,14H2,1H3,(H,18,19). The van der Waals surface area contributed by atoms with Gasteiger partial charge in [-0.1, -0.05) is 44.2 Å². The molecule has 6 heteroatoms. The van der Waals surface area contributed by atoms with Crippen LogP contribution >= 0.6 is 0 Å². The fraction of sp³-hybridized carbons (Fsp3) is 0.769. The highest BCUT2D eigenvalue weighted by atomic mass is 16.4. The molecule has 6 nitrogen and oxygen atoms in total. The lowest BCUT2D eigenvalue weighted by Gasteiger charge is -2.06. The Morgan fingerprint density at radius 2 is 1.95 bits per heavy atom. The molecule has 0 aromatic carbocycles. The predicted octanol–water partition coefficient (Wildman–Crippen LogP) is 1.84. The third kappa shape index (κ3) is 4.98. The Kier molecular flexibility index (Phi) is 7.10. The molecule has 0 spiro atoms. The van der Waals surface area contributed by atoms with Crippen LogP contribution in [-0.2, 0) is 13.0 Å². The maximum atomic E-state index is 11.0. The number of nitrogens with zero attached hydrogens (tertiary/aromatic N) is 3. The second-order valence-corrected chi connectivity index (χ2v) is 4.72. The zero-order chi connectivity index (χ0) is 14.1. The van der Waals surface area contributed by atoms with E-state index in [9.17, 15) is 4.79 Å². The van der Waals surface area contributed by atoms with Crippen LogP contribution in [-0.4, -0.2) is 32.6 Å². The molecule has 0 fully saturated rings. The quantitative estimate of drug-likeness (QED) is 0.631. The Labute approximate surface area is 114 Å². The molecule has 0 aliphatic heterocycles. The summed E-state index contributed by atoms with van der Waals surface area (Å²) >= 11 is 0. The lowest BCUT2D eigenvalue weighted by atomic mass is 10.1. The zero-order valence-electron chi connectivity index (χ0n) is 11.6. The van der Waals surface area contributed by atoms with Crippen molar-refractivity contribution in [1.82, 2.24) is 15.0 Å². The minimum absolute atomic E-state index is 0.0384. The number of aromatic carboxylic acids is 1. The average Bonchev–Trinajstić information content (AvgIpc) is 2.77. The first-order valence-electron chi connectivity index (χ1n) is 7.06. The Balaban J connectivity index is 2.46. The summed E-state index contributed by atoms with van der Waals surface area (Å²) in [6.45, 7) is 3.33. The lowest BCUT2D eigenvalue weighted by Crippen LogP contribution is -2.13. The molecule has 0 amide bonds. The molecule has 108 valence electrons. The Hall–Kier alpha value is -1.43. The third-order valence-electron chi connectivity index (χ3n) is 3.14. The molecule has 0 unspecified atom stereocenters. The molecule has 3 N–H and O–H groups in total. The van der Waals surface area contributed by atoms with Crippen LogP contribution in [0.25, 0.3) is 0 Å². The third-order valence-corrected chi connectivity index (χ3v) is 3.14. The van der Waals surface area contributed by atoms with E-state index >= 15 is 0 Å². The molecule has 1 rings (SSSR count). The van der Waals surface area contributed by atoms with Gasteiger partial charge in [0.2, 0.25) is 0 Å². The van der Waals surface area contributed by atoms with Crippen molar-refractivity contribution in [3.8, 4) is 0 Å². The van der Waals surface area contributed by atoms with Crippen LogP contribution in [0.2, 0.25) is 0 Å². The van der Waals surface area contributed by atoms with Crippen molar-refractivity contribution < 1.29 is 9.90 Å². The first-order valence-corrected chi connectivity index (χ1v) is 7.06. The normalized spacial score (nSPS) is 10.8. The first kappa shape index (κ1) is 15.6. The highest BCUT2D eigenvalue weighted by Gasteiger charge is 2.17. The van der Waals surface area contributed by atoms with Crippen molar-refractivity contribution in [3.05, 3.63) is 11.4 Å². The van der Waals surface area contributed by atoms with Gasteiger partial charge < -0.3 is 10.8 Å². The van der Waals surface area contributed by atoms with Crippen LogP contribution in [0.4, 0.5) is 0 Å². The van der Waals surface area contributed by atoms with E-state index in [1.807, 2.05) is 0 Å². The highest BCUT2D eigenvalue weighted by Crippen LogP contribution is 2.10. The van der Waals surface area contributed by atoms with Crippen LogP contribution in [0.3, 0.4) is 0 Å². The maximum Gasteiger partial charge on any atom is 0.358 e. The second kappa shape index (κ2) is 8.63. The van der Waals surface area contributed by atoms with Crippen LogP contribution in [0, 0.1) is 0 Å². The molecule has 1 aromatic heterocycles. The van der Waals surface area contributed by atoms with Gasteiger partial charge in [0, 0.05) is 13.0 Å². The van der Waals surface area contributed by atoms with Gasteiger partial charge >= 0.3 is 5.97 Å². The number of hydrogen-bond donors (Lipinski definition) is 2. The van der Waals surface area contributed by atoms with E-state index in [1.54, 1.807) is 4.68 Å². The highest BCUT2D eigenvalue weighted by molar-refractivity contribution is 5.86. The van der Waals surface area contributed by atoms with Crippen molar-refractivity contribution in [2.75, 3.05) is 6.54 Å². The second-order valence-electron chi connectivity index (χ2n) is 4.72. The molecule has 0 aliphatic carbocycles. The predicted molar refractivity (Wildman–Crippen MR) is 73.1 cm³/mol.